The molecule has 3 aromatic rings. The van der Waals surface area contributed by atoms with Crippen molar-refractivity contribution < 1.29 is 4.79 Å². The molecular formula is C24H26ClNO. The standard InChI is InChI=1S/C24H25NO.ClH/c1-25(2)18-21(17-19-11-5-3-6-12-19)24(26)23-16-10-9-15-22(23)20-13-7-4-8-14-20;/h3-16,21H,17-18H2,1-2H3;1H/t21-;/m0./s1. The molecule has 0 radical (unpaired) electrons. The number of nitrogens with zero attached hydrogens (tertiary/aromatic N) is 1. The van der Waals surface area contributed by atoms with Crippen molar-refractivity contribution >= 4 is 18.2 Å². The number of carbonyl (C=O) groups is 1. The Morgan fingerprint density at radius 1 is 0.815 bits per heavy atom. The van der Waals surface area contributed by atoms with Crippen LogP contribution in [0.2, 0.25) is 0 Å². The van der Waals surface area contributed by atoms with E-state index in [9.17, 15) is 4.79 Å². The Labute approximate surface area is 168 Å². The summed E-state index contributed by atoms with van der Waals surface area (Å²) in [5.41, 5.74) is 4.10. The predicted molar refractivity (Wildman–Crippen MR) is 116 cm³/mol. The Hall–Kier alpha value is -2.42. The third-order valence-electron chi connectivity index (χ3n) is 4.56. The maximum absolute atomic E-state index is 13.5. The van der Waals surface area contributed by atoms with Crippen molar-refractivity contribution in [2.45, 2.75) is 6.42 Å². The van der Waals surface area contributed by atoms with Crippen molar-refractivity contribution in [2.75, 3.05) is 20.6 Å². The second kappa shape index (κ2) is 10.1. The van der Waals surface area contributed by atoms with Crippen molar-refractivity contribution in [3.63, 3.8) is 0 Å². The molecule has 0 fully saturated rings. The van der Waals surface area contributed by atoms with E-state index in [1.54, 1.807) is 0 Å². The molecule has 0 heterocycles. The van der Waals surface area contributed by atoms with Crippen LogP contribution in [0.5, 0.6) is 0 Å². The van der Waals surface area contributed by atoms with Crippen LogP contribution in [-0.2, 0) is 6.42 Å². The minimum Gasteiger partial charge on any atom is -0.309 e. The molecule has 0 aromatic heterocycles. The van der Waals surface area contributed by atoms with Crippen molar-refractivity contribution in [1.82, 2.24) is 4.90 Å². The van der Waals surface area contributed by atoms with Gasteiger partial charge in [0.25, 0.3) is 0 Å². The van der Waals surface area contributed by atoms with Gasteiger partial charge >= 0.3 is 0 Å². The number of hydrogen-bond acceptors (Lipinski definition) is 2. The highest BCUT2D eigenvalue weighted by Gasteiger charge is 2.23. The molecule has 140 valence electrons. The molecule has 0 amide bonds. The first-order valence-corrected chi connectivity index (χ1v) is 9.02. The van der Waals surface area contributed by atoms with Crippen LogP contribution in [0.3, 0.4) is 0 Å². The highest BCUT2D eigenvalue weighted by atomic mass is 35.5. The second-order valence-corrected chi connectivity index (χ2v) is 6.92. The summed E-state index contributed by atoms with van der Waals surface area (Å²) in [4.78, 5) is 15.5. The molecule has 0 aliphatic heterocycles. The lowest BCUT2D eigenvalue weighted by molar-refractivity contribution is 0.0897. The highest BCUT2D eigenvalue weighted by Crippen LogP contribution is 2.27. The maximum Gasteiger partial charge on any atom is 0.168 e. The van der Waals surface area contributed by atoms with Gasteiger partial charge in [0.05, 0.1) is 0 Å². The summed E-state index contributed by atoms with van der Waals surface area (Å²) < 4.78 is 0. The normalized spacial score (nSPS) is 11.7. The molecular weight excluding hydrogens is 354 g/mol. The average molecular weight is 380 g/mol. The summed E-state index contributed by atoms with van der Waals surface area (Å²) in [6, 6.07) is 28.4. The van der Waals surface area contributed by atoms with Gasteiger partial charge in [-0.2, -0.15) is 0 Å². The van der Waals surface area contributed by atoms with E-state index in [0.29, 0.717) is 0 Å². The first-order valence-electron chi connectivity index (χ1n) is 9.02. The van der Waals surface area contributed by atoms with Crippen LogP contribution in [0.15, 0.2) is 84.9 Å². The fourth-order valence-electron chi connectivity index (χ4n) is 3.37. The van der Waals surface area contributed by atoms with E-state index >= 15 is 0 Å². The van der Waals surface area contributed by atoms with Gasteiger partial charge in [-0.1, -0.05) is 84.9 Å². The van der Waals surface area contributed by atoms with Crippen molar-refractivity contribution in [2.24, 2.45) is 5.92 Å². The molecule has 0 spiro atoms. The first kappa shape index (κ1) is 20.9. The lowest BCUT2D eigenvalue weighted by Crippen LogP contribution is -2.30. The summed E-state index contributed by atoms with van der Waals surface area (Å²) >= 11 is 0. The van der Waals surface area contributed by atoms with Gasteiger partial charge in [-0.15, -0.1) is 12.4 Å². The smallest absolute Gasteiger partial charge is 0.168 e. The summed E-state index contributed by atoms with van der Waals surface area (Å²) in [7, 11) is 4.04. The SMILES string of the molecule is CN(C)C[C@H](Cc1ccccc1)C(=O)c1ccccc1-c1ccccc1.Cl. The molecule has 0 saturated carbocycles. The van der Waals surface area contributed by atoms with Crippen LogP contribution < -0.4 is 0 Å². The Morgan fingerprint density at radius 3 is 2.00 bits per heavy atom. The molecule has 0 N–H and O–H groups in total. The van der Waals surface area contributed by atoms with Crippen molar-refractivity contribution in [1.29, 1.82) is 0 Å². The summed E-state index contributed by atoms with van der Waals surface area (Å²) in [5.74, 6) is 0.138. The van der Waals surface area contributed by atoms with Gasteiger partial charge in [-0.3, -0.25) is 4.79 Å². The molecule has 0 bridgehead atoms. The minimum atomic E-state index is -0.0720. The largest absolute Gasteiger partial charge is 0.309 e. The zero-order valence-electron chi connectivity index (χ0n) is 15.8. The Kier molecular flexibility index (Phi) is 7.78. The Morgan fingerprint density at radius 2 is 1.37 bits per heavy atom. The van der Waals surface area contributed by atoms with Crippen LogP contribution in [-0.4, -0.2) is 31.3 Å². The molecule has 3 rings (SSSR count). The molecule has 1 atom stereocenters. The van der Waals surface area contributed by atoms with Crippen LogP contribution in [0, 0.1) is 5.92 Å². The summed E-state index contributed by atoms with van der Waals surface area (Å²) in [5, 5.41) is 0. The van der Waals surface area contributed by atoms with E-state index in [0.717, 1.165) is 29.7 Å². The zero-order chi connectivity index (χ0) is 18.4. The third kappa shape index (κ3) is 5.53. The quantitative estimate of drug-likeness (QED) is 0.514. The second-order valence-electron chi connectivity index (χ2n) is 6.92. The van der Waals surface area contributed by atoms with Gasteiger partial charge in [0.15, 0.2) is 5.78 Å². The minimum absolute atomic E-state index is 0. The van der Waals surface area contributed by atoms with Crippen LogP contribution in [0.25, 0.3) is 11.1 Å². The van der Waals surface area contributed by atoms with E-state index < -0.39 is 0 Å². The van der Waals surface area contributed by atoms with Gasteiger partial charge in [-0.25, -0.2) is 0 Å². The number of Topliss-reactive ketones (excluding diaryl/α,β-unsaturated/α-hetero) is 1. The van der Waals surface area contributed by atoms with Gasteiger partial charge in [0, 0.05) is 18.0 Å². The van der Waals surface area contributed by atoms with E-state index in [4.69, 9.17) is 0 Å². The number of rotatable bonds is 7. The van der Waals surface area contributed by atoms with Gasteiger partial charge in [-0.05, 0) is 37.2 Å². The lowest BCUT2D eigenvalue weighted by atomic mass is 9.87. The molecule has 0 aliphatic carbocycles. The summed E-state index contributed by atoms with van der Waals surface area (Å²) in [6.07, 6.45) is 0.751. The number of halogens is 1. The van der Waals surface area contributed by atoms with Crippen LogP contribution >= 0.6 is 12.4 Å². The van der Waals surface area contributed by atoms with Gasteiger partial charge in [0.1, 0.15) is 0 Å². The van der Waals surface area contributed by atoms with Crippen LogP contribution in [0.4, 0.5) is 0 Å². The number of carbonyl (C=O) groups excluding carboxylic acids is 1. The topological polar surface area (TPSA) is 20.3 Å². The fourth-order valence-corrected chi connectivity index (χ4v) is 3.37. The van der Waals surface area contributed by atoms with E-state index in [1.807, 2.05) is 74.8 Å². The highest BCUT2D eigenvalue weighted by molar-refractivity contribution is 6.04. The molecule has 0 unspecified atom stereocenters. The summed E-state index contributed by atoms with van der Waals surface area (Å²) in [6.45, 7) is 0.733. The molecule has 0 saturated heterocycles. The molecule has 3 heteroatoms. The number of benzene rings is 3. The average Bonchev–Trinajstić information content (AvgIpc) is 2.68. The molecule has 27 heavy (non-hydrogen) atoms. The predicted octanol–water partition coefficient (Wildman–Crippen LogP) is 5.38. The van der Waals surface area contributed by atoms with E-state index in [1.165, 1.54) is 5.56 Å². The lowest BCUT2D eigenvalue weighted by Gasteiger charge is -2.21. The number of hydrogen-bond donors (Lipinski definition) is 0. The molecule has 3 aromatic carbocycles. The fraction of sp³-hybridized carbons (Fsp3) is 0.208. The Balaban J connectivity index is 0.00000261. The maximum atomic E-state index is 13.5. The molecule has 2 nitrogen and oxygen atoms in total. The van der Waals surface area contributed by atoms with Crippen molar-refractivity contribution in [3.8, 4) is 11.1 Å². The third-order valence-corrected chi connectivity index (χ3v) is 4.56. The zero-order valence-corrected chi connectivity index (χ0v) is 16.7. The van der Waals surface area contributed by atoms with E-state index in [-0.39, 0.29) is 24.1 Å². The molecule has 0 aliphatic rings. The van der Waals surface area contributed by atoms with Crippen LogP contribution in [0.1, 0.15) is 15.9 Å². The van der Waals surface area contributed by atoms with E-state index in [2.05, 4.69) is 29.2 Å². The monoisotopic (exact) mass is 379 g/mol. The Bertz CT molecular complexity index is 847. The first-order chi connectivity index (χ1) is 12.6. The van der Waals surface area contributed by atoms with Crippen molar-refractivity contribution in [3.05, 3.63) is 96.1 Å². The van der Waals surface area contributed by atoms with Gasteiger partial charge in [0.2, 0.25) is 0 Å². The number of ketones is 1. The van der Waals surface area contributed by atoms with Gasteiger partial charge < -0.3 is 4.90 Å².